The molecule has 0 saturated carbocycles. The second-order valence-electron chi connectivity index (χ2n) is 3.54. The molecule has 72 valence electrons. The van der Waals surface area contributed by atoms with Crippen molar-refractivity contribution >= 4 is 11.4 Å². The Hall–Kier alpha value is -2.16. The van der Waals surface area contributed by atoms with Crippen molar-refractivity contribution in [2.24, 2.45) is 10.7 Å². The Morgan fingerprint density at radius 2 is 1.93 bits per heavy atom. The quantitative estimate of drug-likeness (QED) is 0.623. The van der Waals surface area contributed by atoms with Crippen molar-refractivity contribution in [1.82, 2.24) is 0 Å². The van der Waals surface area contributed by atoms with Gasteiger partial charge in [0.25, 0.3) is 0 Å². The van der Waals surface area contributed by atoms with Crippen LogP contribution in [0.2, 0.25) is 0 Å². The van der Waals surface area contributed by atoms with Crippen LogP contribution in [-0.4, -0.2) is 5.78 Å². The van der Waals surface area contributed by atoms with Crippen LogP contribution in [0.4, 0.5) is 0 Å². The molecule has 3 nitrogen and oxygen atoms in total. The zero-order valence-electron chi connectivity index (χ0n) is 7.90. The zero-order valence-corrected chi connectivity index (χ0v) is 7.90. The number of rotatable bonds is 0. The predicted octanol–water partition coefficient (Wildman–Crippen LogP) is -0.220. The van der Waals surface area contributed by atoms with E-state index in [0.29, 0.717) is 17.0 Å². The lowest BCUT2D eigenvalue weighted by Gasteiger charge is -2.06. The van der Waals surface area contributed by atoms with E-state index in [1.807, 2.05) is 24.3 Å². The third-order valence-electron chi connectivity index (χ3n) is 2.52. The van der Waals surface area contributed by atoms with Crippen LogP contribution < -0.4 is 16.3 Å². The molecule has 1 aliphatic heterocycles. The van der Waals surface area contributed by atoms with Gasteiger partial charge in [0.1, 0.15) is 0 Å². The van der Waals surface area contributed by atoms with E-state index in [9.17, 15) is 4.79 Å². The van der Waals surface area contributed by atoms with Gasteiger partial charge in [-0.3, -0.25) is 4.79 Å². The molecule has 0 amide bonds. The van der Waals surface area contributed by atoms with E-state index in [4.69, 9.17) is 5.73 Å². The van der Waals surface area contributed by atoms with Crippen molar-refractivity contribution in [2.75, 3.05) is 0 Å². The van der Waals surface area contributed by atoms with Gasteiger partial charge in [-0.2, -0.15) is 0 Å². The van der Waals surface area contributed by atoms with Gasteiger partial charge in [-0.15, -0.1) is 0 Å². The summed E-state index contributed by atoms with van der Waals surface area (Å²) in [6.07, 6.45) is 3.17. The van der Waals surface area contributed by atoms with Crippen molar-refractivity contribution in [1.29, 1.82) is 0 Å². The standard InChI is InChI=1S/C12H8N2O/c13-7-5-10-12(11(15)6-7)8-3-1-2-4-9(8)14-10/h1-6H,13H2. The second-order valence-corrected chi connectivity index (χ2v) is 3.54. The summed E-state index contributed by atoms with van der Waals surface area (Å²) >= 11 is 0. The summed E-state index contributed by atoms with van der Waals surface area (Å²) in [5.74, 6) is -0.0568. The highest BCUT2D eigenvalue weighted by Crippen LogP contribution is 2.20. The number of allylic oxidation sites excluding steroid dienone is 3. The van der Waals surface area contributed by atoms with Crippen LogP contribution in [-0.2, 0) is 4.79 Å². The number of para-hydroxylation sites is 1. The van der Waals surface area contributed by atoms with Crippen LogP contribution in [0, 0.1) is 0 Å². The molecule has 1 aliphatic carbocycles. The first kappa shape index (κ1) is 8.17. The number of benzene rings is 1. The minimum absolute atomic E-state index is 0.0568. The Kier molecular flexibility index (Phi) is 1.45. The first-order valence-electron chi connectivity index (χ1n) is 4.67. The van der Waals surface area contributed by atoms with Gasteiger partial charge in [0.2, 0.25) is 0 Å². The van der Waals surface area contributed by atoms with E-state index in [1.54, 1.807) is 6.08 Å². The van der Waals surface area contributed by atoms with Gasteiger partial charge >= 0.3 is 0 Å². The van der Waals surface area contributed by atoms with Crippen LogP contribution in [0.1, 0.15) is 0 Å². The summed E-state index contributed by atoms with van der Waals surface area (Å²) in [6, 6.07) is 7.61. The highest BCUT2D eigenvalue weighted by molar-refractivity contribution is 6.27. The molecule has 1 aromatic carbocycles. The number of nitrogens with two attached hydrogens (primary N) is 1. The number of nitrogens with zero attached hydrogens (tertiary/aromatic N) is 1. The van der Waals surface area contributed by atoms with Crippen LogP contribution in [0.15, 0.2) is 52.8 Å². The predicted molar refractivity (Wildman–Crippen MR) is 56.0 cm³/mol. The van der Waals surface area contributed by atoms with Gasteiger partial charge in [-0.1, -0.05) is 18.2 Å². The van der Waals surface area contributed by atoms with E-state index < -0.39 is 0 Å². The summed E-state index contributed by atoms with van der Waals surface area (Å²) in [7, 11) is 0. The molecule has 0 bridgehead atoms. The van der Waals surface area contributed by atoms with E-state index in [0.717, 1.165) is 10.6 Å². The summed E-state index contributed by atoms with van der Waals surface area (Å²) < 4.78 is 0. The number of carbonyl (C=O) groups excluding carboxylic acids is 1. The third-order valence-corrected chi connectivity index (χ3v) is 2.52. The highest BCUT2D eigenvalue weighted by Gasteiger charge is 2.21. The molecule has 0 fully saturated rings. The Morgan fingerprint density at radius 1 is 1.13 bits per heavy atom. The van der Waals surface area contributed by atoms with Gasteiger partial charge in [0, 0.05) is 17.0 Å². The van der Waals surface area contributed by atoms with Crippen molar-refractivity contribution in [3.8, 4) is 0 Å². The topological polar surface area (TPSA) is 55.5 Å². The number of ketones is 1. The molecule has 0 spiro atoms. The first-order valence-corrected chi connectivity index (χ1v) is 4.67. The maximum atomic E-state index is 11.8. The SMILES string of the molecule is NC1=CC(=O)C2=c3ccccc3=NC2=C1. The fourth-order valence-corrected chi connectivity index (χ4v) is 1.89. The van der Waals surface area contributed by atoms with Crippen molar-refractivity contribution < 1.29 is 4.79 Å². The summed E-state index contributed by atoms with van der Waals surface area (Å²) in [6.45, 7) is 0. The molecule has 0 aromatic heterocycles. The third kappa shape index (κ3) is 1.06. The zero-order chi connectivity index (χ0) is 10.4. The van der Waals surface area contributed by atoms with Crippen LogP contribution in [0.5, 0.6) is 0 Å². The van der Waals surface area contributed by atoms with Crippen molar-refractivity contribution in [3.05, 3.63) is 58.4 Å². The smallest absolute Gasteiger partial charge is 0.190 e. The van der Waals surface area contributed by atoms with Gasteiger partial charge < -0.3 is 5.73 Å². The second kappa shape index (κ2) is 2.67. The monoisotopic (exact) mass is 196 g/mol. The molecular formula is C12H8N2O. The van der Waals surface area contributed by atoms with Crippen molar-refractivity contribution in [3.63, 3.8) is 0 Å². The molecule has 0 unspecified atom stereocenters. The van der Waals surface area contributed by atoms with Gasteiger partial charge in [-0.05, 0) is 12.1 Å². The van der Waals surface area contributed by atoms with Crippen LogP contribution in [0.3, 0.4) is 0 Å². The van der Waals surface area contributed by atoms with Gasteiger partial charge in [0.15, 0.2) is 5.78 Å². The molecule has 1 heterocycles. The first-order chi connectivity index (χ1) is 7.25. The van der Waals surface area contributed by atoms with Crippen LogP contribution in [0.25, 0.3) is 5.57 Å². The van der Waals surface area contributed by atoms with E-state index in [-0.39, 0.29) is 5.78 Å². The van der Waals surface area contributed by atoms with E-state index in [1.165, 1.54) is 6.08 Å². The molecule has 0 saturated heterocycles. The molecule has 3 rings (SSSR count). The van der Waals surface area contributed by atoms with Crippen molar-refractivity contribution in [2.45, 2.75) is 0 Å². The average Bonchev–Trinajstić information content (AvgIpc) is 2.54. The summed E-state index contributed by atoms with van der Waals surface area (Å²) in [5.41, 5.74) is 7.42. The molecule has 2 N–H and O–H groups in total. The van der Waals surface area contributed by atoms with Gasteiger partial charge in [-0.25, -0.2) is 4.99 Å². The molecule has 1 aromatic rings. The number of fused-ring (bicyclic) bond motifs is 2. The Bertz CT molecular complexity index is 650. The Morgan fingerprint density at radius 3 is 2.80 bits per heavy atom. The highest BCUT2D eigenvalue weighted by atomic mass is 16.1. The Labute approximate surface area is 85.9 Å². The number of hydrogen-bond donors (Lipinski definition) is 1. The molecular weight excluding hydrogens is 188 g/mol. The fourth-order valence-electron chi connectivity index (χ4n) is 1.89. The minimum Gasteiger partial charge on any atom is -0.399 e. The maximum absolute atomic E-state index is 11.8. The molecule has 3 heteroatoms. The summed E-state index contributed by atoms with van der Waals surface area (Å²) in [5, 5.41) is 1.74. The molecule has 15 heavy (non-hydrogen) atoms. The summed E-state index contributed by atoms with van der Waals surface area (Å²) in [4.78, 5) is 16.1. The van der Waals surface area contributed by atoms with E-state index in [2.05, 4.69) is 4.99 Å². The Balaban J connectivity index is 2.45. The number of hydrogen-bond acceptors (Lipinski definition) is 3. The lowest BCUT2D eigenvalue weighted by Crippen LogP contribution is -2.24. The largest absolute Gasteiger partial charge is 0.399 e. The minimum atomic E-state index is -0.0568. The maximum Gasteiger partial charge on any atom is 0.190 e. The van der Waals surface area contributed by atoms with E-state index >= 15 is 0 Å². The normalized spacial score (nSPS) is 17.6. The lowest BCUT2D eigenvalue weighted by molar-refractivity contribution is -0.109. The van der Waals surface area contributed by atoms with Crippen LogP contribution >= 0.6 is 0 Å². The number of carbonyl (C=O) groups is 1. The lowest BCUT2D eigenvalue weighted by atomic mass is 10.0. The van der Waals surface area contributed by atoms with Gasteiger partial charge in [0.05, 0.1) is 16.6 Å². The fraction of sp³-hybridized carbons (Fsp3) is 0. The molecule has 2 aliphatic rings. The average molecular weight is 196 g/mol. The molecule has 0 radical (unpaired) electrons. The molecule has 0 atom stereocenters.